The van der Waals surface area contributed by atoms with Crippen molar-refractivity contribution < 1.29 is 13.2 Å². The molecule has 0 fully saturated rings. The number of benzene rings is 1. The topological polar surface area (TPSA) is 12.0 Å². The number of alkyl halides is 3. The lowest BCUT2D eigenvalue weighted by Gasteiger charge is -2.20. The molecule has 0 aliphatic carbocycles. The van der Waals surface area contributed by atoms with Crippen LogP contribution < -0.4 is 5.32 Å². The van der Waals surface area contributed by atoms with E-state index in [0.29, 0.717) is 6.54 Å². The van der Waals surface area contributed by atoms with Gasteiger partial charge in [0.25, 0.3) is 0 Å². The molecule has 1 atom stereocenters. The Labute approximate surface area is 114 Å². The van der Waals surface area contributed by atoms with E-state index in [4.69, 9.17) is 0 Å². The number of nitrogens with one attached hydrogen (secondary N) is 1. The summed E-state index contributed by atoms with van der Waals surface area (Å²) in [5.41, 5.74) is 1.96. The first kappa shape index (κ1) is 15.5. The molecule has 1 aromatic rings. The lowest BCUT2D eigenvalue weighted by molar-refractivity contribution is -0.136. The fourth-order valence-electron chi connectivity index (χ4n) is 1.84. The van der Waals surface area contributed by atoms with Gasteiger partial charge in [0.05, 0.1) is 0 Å². The van der Waals surface area contributed by atoms with Gasteiger partial charge in [-0.25, -0.2) is 0 Å². The maximum Gasteiger partial charge on any atom is 0.389 e. The summed E-state index contributed by atoms with van der Waals surface area (Å²) in [6, 6.07) is 5.45. The zero-order chi connectivity index (χ0) is 13.8. The molecule has 0 amide bonds. The van der Waals surface area contributed by atoms with Crippen LogP contribution in [0.15, 0.2) is 22.7 Å². The summed E-state index contributed by atoms with van der Waals surface area (Å²) in [6.45, 7) is 4.48. The monoisotopic (exact) mass is 323 g/mol. The van der Waals surface area contributed by atoms with Gasteiger partial charge in [-0.15, -0.1) is 0 Å². The molecule has 1 N–H and O–H groups in total. The third-order valence-corrected chi connectivity index (χ3v) is 3.39. The molecule has 0 radical (unpaired) electrons. The van der Waals surface area contributed by atoms with Gasteiger partial charge in [-0.1, -0.05) is 35.0 Å². The van der Waals surface area contributed by atoms with Crippen LogP contribution >= 0.6 is 15.9 Å². The average molecular weight is 324 g/mol. The van der Waals surface area contributed by atoms with Crippen molar-refractivity contribution in [1.82, 2.24) is 5.32 Å². The molecular weight excluding hydrogens is 307 g/mol. The van der Waals surface area contributed by atoms with E-state index < -0.39 is 12.6 Å². The van der Waals surface area contributed by atoms with Crippen molar-refractivity contribution in [3.05, 3.63) is 33.8 Å². The summed E-state index contributed by atoms with van der Waals surface area (Å²) in [7, 11) is 0. The van der Waals surface area contributed by atoms with Gasteiger partial charge in [0.15, 0.2) is 0 Å². The fraction of sp³-hybridized carbons (Fsp3) is 0.538. The third-order valence-electron chi connectivity index (χ3n) is 2.70. The molecule has 0 bridgehead atoms. The van der Waals surface area contributed by atoms with Gasteiger partial charge in [-0.2, -0.15) is 13.2 Å². The molecule has 0 saturated heterocycles. The molecule has 1 rings (SSSR count). The Balaban J connectivity index is 2.83. The van der Waals surface area contributed by atoms with Crippen molar-refractivity contribution in [2.75, 3.05) is 6.54 Å². The SMILES string of the molecule is CCNC(CCC(F)(F)F)c1ccc(C)cc1Br. The minimum atomic E-state index is -4.11. The molecule has 1 aromatic carbocycles. The molecule has 0 saturated carbocycles. The van der Waals surface area contributed by atoms with Gasteiger partial charge in [-0.05, 0) is 37.1 Å². The van der Waals surface area contributed by atoms with Crippen molar-refractivity contribution >= 4 is 15.9 Å². The zero-order valence-electron chi connectivity index (χ0n) is 10.4. The minimum Gasteiger partial charge on any atom is -0.310 e. The predicted octanol–water partition coefficient (Wildman–Crippen LogP) is 4.75. The van der Waals surface area contributed by atoms with Crippen LogP contribution in [-0.2, 0) is 0 Å². The average Bonchev–Trinajstić information content (AvgIpc) is 2.24. The molecule has 0 aliphatic heterocycles. The van der Waals surface area contributed by atoms with Crippen LogP contribution in [0.3, 0.4) is 0 Å². The molecule has 5 heteroatoms. The van der Waals surface area contributed by atoms with E-state index in [9.17, 15) is 13.2 Å². The number of rotatable bonds is 5. The largest absolute Gasteiger partial charge is 0.389 e. The van der Waals surface area contributed by atoms with Gasteiger partial charge in [0, 0.05) is 16.9 Å². The first-order chi connectivity index (χ1) is 8.33. The molecule has 0 aromatic heterocycles. The molecule has 1 unspecified atom stereocenters. The fourth-order valence-corrected chi connectivity index (χ4v) is 2.61. The van der Waals surface area contributed by atoms with Crippen LogP contribution in [0, 0.1) is 6.92 Å². The number of halogens is 4. The molecule has 18 heavy (non-hydrogen) atoms. The van der Waals surface area contributed by atoms with Crippen LogP contribution in [0.5, 0.6) is 0 Å². The Kier molecular flexibility index (Phi) is 5.66. The van der Waals surface area contributed by atoms with Gasteiger partial charge in [0.2, 0.25) is 0 Å². The smallest absolute Gasteiger partial charge is 0.310 e. The second kappa shape index (κ2) is 6.57. The van der Waals surface area contributed by atoms with Gasteiger partial charge in [-0.3, -0.25) is 0 Å². The molecule has 102 valence electrons. The predicted molar refractivity (Wildman–Crippen MR) is 70.6 cm³/mol. The number of aryl methyl sites for hydroxylation is 1. The Morgan fingerprint density at radius 1 is 1.33 bits per heavy atom. The Bertz CT molecular complexity index is 390. The van der Waals surface area contributed by atoms with Crippen molar-refractivity contribution in [2.24, 2.45) is 0 Å². The van der Waals surface area contributed by atoms with E-state index in [0.717, 1.165) is 15.6 Å². The summed E-state index contributed by atoms with van der Waals surface area (Å²) in [5.74, 6) is 0. The van der Waals surface area contributed by atoms with Gasteiger partial charge in [0.1, 0.15) is 0 Å². The van der Waals surface area contributed by atoms with Gasteiger partial charge < -0.3 is 5.32 Å². The van der Waals surface area contributed by atoms with Crippen LogP contribution in [0.4, 0.5) is 13.2 Å². The standard InChI is InChI=1S/C13H17BrF3N/c1-3-18-12(6-7-13(15,16)17)10-5-4-9(2)8-11(10)14/h4-5,8,12,18H,3,6-7H2,1-2H3. The number of hydrogen-bond acceptors (Lipinski definition) is 1. The van der Waals surface area contributed by atoms with Crippen molar-refractivity contribution in [3.8, 4) is 0 Å². The normalized spacial score (nSPS) is 13.7. The van der Waals surface area contributed by atoms with Gasteiger partial charge >= 0.3 is 6.18 Å². The van der Waals surface area contributed by atoms with Crippen LogP contribution in [0.2, 0.25) is 0 Å². The Morgan fingerprint density at radius 3 is 2.50 bits per heavy atom. The highest BCUT2D eigenvalue weighted by atomic mass is 79.9. The number of hydrogen-bond donors (Lipinski definition) is 1. The van der Waals surface area contributed by atoms with E-state index in [1.54, 1.807) is 0 Å². The van der Waals surface area contributed by atoms with E-state index in [1.807, 2.05) is 32.0 Å². The quantitative estimate of drug-likeness (QED) is 0.824. The highest BCUT2D eigenvalue weighted by molar-refractivity contribution is 9.10. The van der Waals surface area contributed by atoms with Crippen molar-refractivity contribution in [3.63, 3.8) is 0 Å². The van der Waals surface area contributed by atoms with E-state index in [1.165, 1.54) is 0 Å². The molecule has 0 aliphatic rings. The summed E-state index contributed by atoms with van der Waals surface area (Å²) in [4.78, 5) is 0. The second-order valence-electron chi connectivity index (χ2n) is 4.29. The Hall–Kier alpha value is -0.550. The maximum absolute atomic E-state index is 12.3. The summed E-state index contributed by atoms with van der Waals surface area (Å²) in [5, 5.41) is 3.10. The highest BCUT2D eigenvalue weighted by Crippen LogP contribution is 2.31. The zero-order valence-corrected chi connectivity index (χ0v) is 12.0. The van der Waals surface area contributed by atoms with Crippen molar-refractivity contribution in [2.45, 2.75) is 38.9 Å². The first-order valence-electron chi connectivity index (χ1n) is 5.89. The van der Waals surface area contributed by atoms with Crippen molar-refractivity contribution in [1.29, 1.82) is 0 Å². The minimum absolute atomic E-state index is 0.0546. The second-order valence-corrected chi connectivity index (χ2v) is 5.14. The lowest BCUT2D eigenvalue weighted by atomic mass is 10.0. The molecule has 1 nitrogen and oxygen atoms in total. The highest BCUT2D eigenvalue weighted by Gasteiger charge is 2.28. The summed E-state index contributed by atoms with van der Waals surface area (Å²) in [6.07, 6.45) is -4.82. The van der Waals surface area contributed by atoms with Crippen LogP contribution in [0.25, 0.3) is 0 Å². The first-order valence-corrected chi connectivity index (χ1v) is 6.69. The molecule has 0 heterocycles. The summed E-state index contributed by atoms with van der Waals surface area (Å²) >= 11 is 3.42. The van der Waals surface area contributed by atoms with E-state index in [2.05, 4.69) is 21.2 Å². The van der Waals surface area contributed by atoms with E-state index in [-0.39, 0.29) is 12.5 Å². The third kappa shape index (κ3) is 4.98. The van der Waals surface area contributed by atoms with Crippen LogP contribution in [0.1, 0.15) is 36.9 Å². The van der Waals surface area contributed by atoms with Crippen LogP contribution in [-0.4, -0.2) is 12.7 Å². The molecule has 0 spiro atoms. The lowest BCUT2D eigenvalue weighted by Crippen LogP contribution is -2.23. The summed E-state index contributed by atoms with van der Waals surface area (Å²) < 4.78 is 37.7. The molecular formula is C13H17BrF3N. The Morgan fingerprint density at radius 2 is 2.00 bits per heavy atom. The van der Waals surface area contributed by atoms with E-state index >= 15 is 0 Å². The maximum atomic E-state index is 12.3.